The summed E-state index contributed by atoms with van der Waals surface area (Å²) >= 11 is 0. The average molecular weight is 452 g/mol. The Morgan fingerprint density at radius 3 is 1.61 bits per heavy atom. The standard InChI is InChI=1S/C28H25N2O2P/c1-28(22-17-15-20(16-18-22)26(29)31,23-10-8-9-21(19-23)27(30)32)33(24-11-4-2-5-12-24)25-13-6-3-7-14-25/h2-19H,1H3,(H2,29,31)(H2,30,32). The van der Waals surface area contributed by atoms with Gasteiger partial charge in [-0.2, -0.15) is 0 Å². The molecule has 0 radical (unpaired) electrons. The number of primary amides is 2. The van der Waals surface area contributed by atoms with Gasteiger partial charge in [0, 0.05) is 16.3 Å². The molecule has 33 heavy (non-hydrogen) atoms. The molecule has 0 bridgehead atoms. The van der Waals surface area contributed by atoms with Crippen LogP contribution in [0.1, 0.15) is 38.8 Å². The number of carbonyl (C=O) groups excluding carboxylic acids is 2. The number of nitrogens with two attached hydrogens (primary N) is 2. The highest BCUT2D eigenvalue weighted by molar-refractivity contribution is 7.74. The molecule has 0 fully saturated rings. The minimum Gasteiger partial charge on any atom is -0.366 e. The van der Waals surface area contributed by atoms with E-state index in [4.69, 9.17) is 11.5 Å². The van der Waals surface area contributed by atoms with Gasteiger partial charge in [-0.25, -0.2) is 0 Å². The maximum Gasteiger partial charge on any atom is 0.248 e. The zero-order valence-corrected chi connectivity index (χ0v) is 19.2. The molecule has 0 saturated heterocycles. The fourth-order valence-corrected chi connectivity index (χ4v) is 7.25. The van der Waals surface area contributed by atoms with Crippen LogP contribution in [-0.4, -0.2) is 11.8 Å². The van der Waals surface area contributed by atoms with E-state index in [1.165, 1.54) is 10.6 Å². The van der Waals surface area contributed by atoms with Gasteiger partial charge in [0.1, 0.15) is 0 Å². The van der Waals surface area contributed by atoms with Gasteiger partial charge in [-0.3, -0.25) is 9.59 Å². The first-order valence-electron chi connectivity index (χ1n) is 10.6. The van der Waals surface area contributed by atoms with E-state index >= 15 is 0 Å². The molecule has 164 valence electrons. The minimum atomic E-state index is -0.974. The SMILES string of the molecule is CC(c1ccc(C(N)=O)cc1)(c1cccc(C(N)=O)c1)P(c1ccccc1)c1ccccc1. The second-order valence-electron chi connectivity index (χ2n) is 7.97. The van der Waals surface area contributed by atoms with Crippen LogP contribution < -0.4 is 22.1 Å². The highest BCUT2D eigenvalue weighted by Crippen LogP contribution is 2.58. The summed E-state index contributed by atoms with van der Waals surface area (Å²) in [5.41, 5.74) is 14.0. The number of amides is 2. The van der Waals surface area contributed by atoms with Crippen LogP contribution in [0.3, 0.4) is 0 Å². The predicted octanol–water partition coefficient (Wildman–Crippen LogP) is 4.28. The maximum absolute atomic E-state index is 12.0. The topological polar surface area (TPSA) is 86.2 Å². The van der Waals surface area contributed by atoms with Crippen LogP contribution in [0.5, 0.6) is 0 Å². The molecule has 4 N–H and O–H groups in total. The van der Waals surface area contributed by atoms with Crippen LogP contribution >= 0.6 is 7.92 Å². The van der Waals surface area contributed by atoms with Crippen LogP contribution in [0.25, 0.3) is 0 Å². The Kier molecular flexibility index (Phi) is 6.39. The average Bonchev–Trinajstić information content (AvgIpc) is 2.85. The van der Waals surface area contributed by atoms with E-state index in [1.807, 2.05) is 66.7 Å². The van der Waals surface area contributed by atoms with Crippen molar-refractivity contribution in [3.8, 4) is 0 Å². The van der Waals surface area contributed by atoms with Crippen molar-refractivity contribution in [3.63, 3.8) is 0 Å². The van der Waals surface area contributed by atoms with Gasteiger partial charge < -0.3 is 11.5 Å². The van der Waals surface area contributed by atoms with E-state index in [-0.39, 0.29) is 0 Å². The lowest BCUT2D eigenvalue weighted by Gasteiger charge is -2.40. The molecular weight excluding hydrogens is 427 g/mol. The van der Waals surface area contributed by atoms with Crippen LogP contribution in [0.2, 0.25) is 0 Å². The smallest absolute Gasteiger partial charge is 0.248 e. The Morgan fingerprint density at radius 2 is 1.12 bits per heavy atom. The first kappa shape index (κ1) is 22.4. The summed E-state index contributed by atoms with van der Waals surface area (Å²) in [4.78, 5) is 23.7. The molecular formula is C28H25N2O2P. The molecule has 1 atom stereocenters. The van der Waals surface area contributed by atoms with Crippen molar-refractivity contribution in [1.82, 2.24) is 0 Å². The van der Waals surface area contributed by atoms with E-state index in [1.54, 1.807) is 18.2 Å². The fraction of sp³-hybridized carbons (Fsp3) is 0.0714. The highest BCUT2D eigenvalue weighted by atomic mass is 31.1. The first-order chi connectivity index (χ1) is 15.9. The molecule has 0 aromatic heterocycles. The van der Waals surface area contributed by atoms with Gasteiger partial charge in [0.25, 0.3) is 0 Å². The lowest BCUT2D eigenvalue weighted by Crippen LogP contribution is -2.32. The lowest BCUT2D eigenvalue weighted by molar-refractivity contribution is 0.0991. The normalized spacial score (nSPS) is 12.8. The summed E-state index contributed by atoms with van der Waals surface area (Å²) in [6.07, 6.45) is 0. The van der Waals surface area contributed by atoms with Gasteiger partial charge in [0.15, 0.2) is 0 Å². The molecule has 5 heteroatoms. The molecule has 0 spiro atoms. The zero-order chi connectivity index (χ0) is 23.4. The van der Waals surface area contributed by atoms with Crippen molar-refractivity contribution in [3.05, 3.63) is 131 Å². The second kappa shape index (κ2) is 9.40. The third-order valence-electron chi connectivity index (χ3n) is 5.92. The summed E-state index contributed by atoms with van der Waals surface area (Å²) in [7, 11) is -0.974. The zero-order valence-electron chi connectivity index (χ0n) is 18.3. The third kappa shape index (κ3) is 4.44. The molecule has 0 aliphatic rings. The van der Waals surface area contributed by atoms with Crippen LogP contribution in [0, 0.1) is 0 Å². The molecule has 0 heterocycles. The van der Waals surface area contributed by atoms with Crippen LogP contribution in [0.4, 0.5) is 0 Å². The molecule has 4 rings (SSSR count). The van der Waals surface area contributed by atoms with Gasteiger partial charge in [-0.05, 0) is 60.8 Å². The minimum absolute atomic E-state index is 0.454. The van der Waals surface area contributed by atoms with Crippen molar-refractivity contribution < 1.29 is 9.59 Å². The fourth-order valence-electron chi connectivity index (χ4n) is 4.18. The van der Waals surface area contributed by atoms with Gasteiger partial charge in [-0.15, -0.1) is 0 Å². The summed E-state index contributed by atoms with van der Waals surface area (Å²) in [5.74, 6) is -0.931. The molecule has 4 aromatic rings. The first-order valence-corrected chi connectivity index (χ1v) is 12.0. The highest BCUT2D eigenvalue weighted by Gasteiger charge is 2.40. The van der Waals surface area contributed by atoms with Gasteiger partial charge >= 0.3 is 0 Å². The van der Waals surface area contributed by atoms with E-state index in [9.17, 15) is 9.59 Å². The van der Waals surface area contributed by atoms with Crippen molar-refractivity contribution in [2.45, 2.75) is 12.1 Å². The number of hydrogen-bond acceptors (Lipinski definition) is 2. The van der Waals surface area contributed by atoms with E-state index in [0.29, 0.717) is 11.1 Å². The van der Waals surface area contributed by atoms with E-state index in [0.717, 1.165) is 11.1 Å². The van der Waals surface area contributed by atoms with Crippen LogP contribution in [0.15, 0.2) is 109 Å². The van der Waals surface area contributed by atoms with Crippen LogP contribution in [-0.2, 0) is 5.16 Å². The quantitative estimate of drug-likeness (QED) is 0.410. The number of hydrogen-bond donors (Lipinski definition) is 2. The largest absolute Gasteiger partial charge is 0.366 e. The monoisotopic (exact) mass is 452 g/mol. The van der Waals surface area contributed by atoms with E-state index < -0.39 is 24.9 Å². The molecule has 2 amide bonds. The van der Waals surface area contributed by atoms with Crippen molar-refractivity contribution in [1.29, 1.82) is 0 Å². The summed E-state index contributed by atoms with van der Waals surface area (Å²) in [6, 6.07) is 35.7. The Hall–Kier alpha value is -3.75. The molecule has 0 aliphatic carbocycles. The Morgan fingerprint density at radius 1 is 0.606 bits per heavy atom. The molecule has 1 unspecified atom stereocenters. The van der Waals surface area contributed by atoms with Gasteiger partial charge in [0.2, 0.25) is 11.8 Å². The summed E-state index contributed by atoms with van der Waals surface area (Å²) in [5, 5.41) is 1.87. The molecule has 0 aliphatic heterocycles. The predicted molar refractivity (Wildman–Crippen MR) is 135 cm³/mol. The van der Waals surface area contributed by atoms with E-state index in [2.05, 4.69) is 31.2 Å². The second-order valence-corrected chi connectivity index (χ2v) is 10.6. The third-order valence-corrected chi connectivity index (χ3v) is 8.96. The molecule has 4 nitrogen and oxygen atoms in total. The van der Waals surface area contributed by atoms with Crippen molar-refractivity contribution in [2.24, 2.45) is 11.5 Å². The lowest BCUT2D eigenvalue weighted by atomic mass is 9.90. The summed E-state index contributed by atoms with van der Waals surface area (Å²) < 4.78 is 0. The number of carbonyl (C=O) groups is 2. The maximum atomic E-state index is 12.0. The number of benzene rings is 4. The number of rotatable bonds is 7. The van der Waals surface area contributed by atoms with Gasteiger partial charge in [-0.1, -0.05) is 84.9 Å². The summed E-state index contributed by atoms with van der Waals surface area (Å²) in [6.45, 7) is 2.19. The molecule has 4 aromatic carbocycles. The van der Waals surface area contributed by atoms with Crippen molar-refractivity contribution >= 4 is 30.3 Å². The Bertz CT molecular complexity index is 1230. The molecule has 0 saturated carbocycles. The van der Waals surface area contributed by atoms with Crippen molar-refractivity contribution in [2.75, 3.05) is 0 Å². The Balaban J connectivity index is 2.02. The Labute approximate surface area is 195 Å². The van der Waals surface area contributed by atoms with Gasteiger partial charge in [0.05, 0.1) is 0 Å².